The van der Waals surface area contributed by atoms with E-state index in [2.05, 4.69) is 34.2 Å². The van der Waals surface area contributed by atoms with Crippen LogP contribution in [0.4, 0.5) is 14.2 Å². The van der Waals surface area contributed by atoms with E-state index in [1.165, 1.54) is 6.07 Å². The summed E-state index contributed by atoms with van der Waals surface area (Å²) in [5, 5.41) is 8.65. The molecule has 8 nitrogen and oxygen atoms in total. The number of ether oxygens (including phenoxy) is 1. The number of benzene rings is 1. The van der Waals surface area contributed by atoms with Crippen molar-refractivity contribution in [1.29, 1.82) is 0 Å². The molecule has 2 rings (SSSR count). The number of primary amides is 1. The zero-order valence-corrected chi connectivity index (χ0v) is 17.5. The van der Waals surface area contributed by atoms with Crippen molar-refractivity contribution in [3.63, 3.8) is 0 Å². The van der Waals surface area contributed by atoms with E-state index in [1.54, 1.807) is 19.1 Å². The summed E-state index contributed by atoms with van der Waals surface area (Å²) in [5.41, 5.74) is 6.48. The van der Waals surface area contributed by atoms with Crippen LogP contribution in [0.3, 0.4) is 0 Å². The van der Waals surface area contributed by atoms with Gasteiger partial charge in [0, 0.05) is 24.7 Å². The number of nitrogens with one attached hydrogen (secondary N) is 3. The summed E-state index contributed by atoms with van der Waals surface area (Å²) in [6, 6.07) is 4.62. The van der Waals surface area contributed by atoms with Gasteiger partial charge in [-0.15, -0.1) is 0 Å². The number of amides is 3. The molecule has 1 heterocycles. The maximum absolute atomic E-state index is 13.9. The number of urea groups is 1. The van der Waals surface area contributed by atoms with Gasteiger partial charge < -0.3 is 21.1 Å². The van der Waals surface area contributed by atoms with E-state index in [1.807, 2.05) is 0 Å². The molecule has 0 radical (unpaired) electrons. The average molecular weight is 424 g/mol. The molecule has 0 spiro atoms. The molecule has 1 atom stereocenters. The first-order valence-electron chi connectivity index (χ1n) is 9.27. The van der Waals surface area contributed by atoms with Crippen LogP contribution in [0.15, 0.2) is 18.2 Å². The van der Waals surface area contributed by atoms with Gasteiger partial charge in [-0.1, -0.05) is 19.1 Å². The fraction of sp³-hybridized carbons (Fsp3) is 0.421. The van der Waals surface area contributed by atoms with Crippen molar-refractivity contribution >= 4 is 28.5 Å². The minimum atomic E-state index is -0.799. The first kappa shape index (κ1) is 22.6. The second kappa shape index (κ2) is 10.7. The van der Waals surface area contributed by atoms with Gasteiger partial charge in [0.05, 0.1) is 0 Å². The van der Waals surface area contributed by atoms with Crippen LogP contribution in [0, 0.1) is 12.7 Å². The number of carbonyl (C=O) groups is 2. The van der Waals surface area contributed by atoms with E-state index in [4.69, 9.17) is 10.5 Å². The van der Waals surface area contributed by atoms with Crippen LogP contribution in [0.5, 0.6) is 5.88 Å². The van der Waals surface area contributed by atoms with Crippen LogP contribution in [0.1, 0.15) is 41.8 Å². The van der Waals surface area contributed by atoms with Gasteiger partial charge in [0.2, 0.25) is 5.88 Å². The Morgan fingerprint density at radius 3 is 2.76 bits per heavy atom. The Morgan fingerprint density at radius 1 is 1.34 bits per heavy atom. The largest absolute Gasteiger partial charge is 0.471 e. The smallest absolute Gasteiger partial charge is 0.319 e. The number of nitrogens with zero attached hydrogens (tertiary/aromatic N) is 1. The molecule has 0 aliphatic carbocycles. The highest BCUT2D eigenvalue weighted by molar-refractivity contribution is 7.11. The highest BCUT2D eigenvalue weighted by Crippen LogP contribution is 2.30. The molecule has 0 saturated carbocycles. The summed E-state index contributed by atoms with van der Waals surface area (Å²) >= 11 is 0.865. The molecule has 158 valence electrons. The number of carbonyl (C=O) groups excluding carboxylic acids is 2. The van der Waals surface area contributed by atoms with Crippen molar-refractivity contribution in [2.24, 2.45) is 5.73 Å². The summed E-state index contributed by atoms with van der Waals surface area (Å²) in [7, 11) is 0. The number of hydrogen-bond donors (Lipinski definition) is 4. The number of hydrogen-bond acceptors (Lipinski definition) is 6. The van der Waals surface area contributed by atoms with Crippen LogP contribution >= 0.6 is 11.5 Å². The van der Waals surface area contributed by atoms with Gasteiger partial charge in [0.1, 0.15) is 23.0 Å². The molecule has 1 unspecified atom stereocenters. The van der Waals surface area contributed by atoms with E-state index in [-0.39, 0.29) is 23.1 Å². The Bertz CT molecular complexity index is 858. The molecule has 29 heavy (non-hydrogen) atoms. The third-order valence-electron chi connectivity index (χ3n) is 4.22. The Morgan fingerprint density at radius 2 is 2.10 bits per heavy atom. The SMILES string of the molecule is CCC(C)NCCNC(=O)Nc1snc(OCc2ccc(C)cc2F)c1C(N)=O. The summed E-state index contributed by atoms with van der Waals surface area (Å²) in [6.07, 6.45) is 0.990. The third-order valence-corrected chi connectivity index (χ3v) is 4.97. The molecule has 0 aliphatic heterocycles. The van der Waals surface area contributed by atoms with Crippen LogP contribution in [-0.2, 0) is 6.61 Å². The van der Waals surface area contributed by atoms with Crippen molar-refractivity contribution in [3.8, 4) is 5.88 Å². The average Bonchev–Trinajstić information content (AvgIpc) is 3.06. The lowest BCUT2D eigenvalue weighted by atomic mass is 10.1. The van der Waals surface area contributed by atoms with Crippen LogP contribution in [0.25, 0.3) is 0 Å². The molecule has 0 fully saturated rings. The number of halogens is 1. The van der Waals surface area contributed by atoms with Crippen LogP contribution < -0.4 is 26.4 Å². The maximum atomic E-state index is 13.9. The molecule has 2 aromatic rings. The summed E-state index contributed by atoms with van der Waals surface area (Å²) in [4.78, 5) is 23.9. The first-order valence-corrected chi connectivity index (χ1v) is 10.0. The van der Waals surface area contributed by atoms with Crippen molar-refractivity contribution in [2.75, 3.05) is 18.4 Å². The lowest BCUT2D eigenvalue weighted by Crippen LogP contribution is -2.37. The van der Waals surface area contributed by atoms with Gasteiger partial charge in [0.25, 0.3) is 5.91 Å². The molecule has 0 bridgehead atoms. The number of nitrogens with two attached hydrogens (primary N) is 1. The summed E-state index contributed by atoms with van der Waals surface area (Å²) < 4.78 is 23.5. The zero-order valence-electron chi connectivity index (χ0n) is 16.7. The van der Waals surface area contributed by atoms with E-state index < -0.39 is 17.8 Å². The predicted molar refractivity (Wildman–Crippen MR) is 111 cm³/mol. The lowest BCUT2D eigenvalue weighted by molar-refractivity contribution is 0.0996. The molecular formula is C19H26FN5O3S. The third kappa shape index (κ3) is 6.68. The van der Waals surface area contributed by atoms with Gasteiger partial charge in [-0.25, -0.2) is 9.18 Å². The number of aryl methyl sites for hydroxylation is 1. The van der Waals surface area contributed by atoms with Crippen LogP contribution in [-0.4, -0.2) is 35.4 Å². The van der Waals surface area contributed by atoms with Crippen molar-refractivity contribution < 1.29 is 18.7 Å². The minimum Gasteiger partial charge on any atom is -0.471 e. The van der Waals surface area contributed by atoms with Gasteiger partial charge in [0.15, 0.2) is 0 Å². The van der Waals surface area contributed by atoms with Gasteiger partial charge in [-0.3, -0.25) is 10.1 Å². The van der Waals surface area contributed by atoms with Gasteiger partial charge in [-0.2, -0.15) is 4.37 Å². The highest BCUT2D eigenvalue weighted by Gasteiger charge is 2.22. The monoisotopic (exact) mass is 423 g/mol. The van der Waals surface area contributed by atoms with Gasteiger partial charge in [-0.05, 0) is 43.4 Å². The number of rotatable bonds is 10. The standard InChI is InChI=1S/C19H26FN5O3S/c1-4-12(3)22-7-8-23-19(27)24-18-15(16(21)26)17(25-29-18)28-10-13-6-5-11(2)9-14(13)20/h5-6,9,12,22H,4,7-8,10H2,1-3H3,(H2,21,26)(H2,23,24,27). The van der Waals surface area contributed by atoms with Crippen molar-refractivity contribution in [1.82, 2.24) is 15.0 Å². The maximum Gasteiger partial charge on any atom is 0.319 e. The van der Waals surface area contributed by atoms with Crippen LogP contribution in [0.2, 0.25) is 0 Å². The molecule has 5 N–H and O–H groups in total. The molecule has 10 heteroatoms. The summed E-state index contributed by atoms with van der Waals surface area (Å²) in [5.74, 6) is -1.26. The minimum absolute atomic E-state index is 0.0452. The zero-order chi connectivity index (χ0) is 21.4. The fourth-order valence-electron chi connectivity index (χ4n) is 2.38. The quantitative estimate of drug-likeness (QED) is 0.438. The Balaban J connectivity index is 1.97. The molecular weight excluding hydrogens is 397 g/mol. The molecule has 3 amide bonds. The second-order valence-electron chi connectivity index (χ2n) is 6.58. The number of anilines is 1. The number of aromatic nitrogens is 1. The van der Waals surface area contributed by atoms with E-state index in [0.29, 0.717) is 24.7 Å². The predicted octanol–water partition coefficient (Wildman–Crippen LogP) is 2.78. The molecule has 0 aliphatic rings. The van der Waals surface area contributed by atoms with E-state index >= 15 is 0 Å². The summed E-state index contributed by atoms with van der Waals surface area (Å²) in [6.45, 7) is 6.81. The van der Waals surface area contributed by atoms with Crippen molar-refractivity contribution in [3.05, 3.63) is 40.7 Å². The first-order chi connectivity index (χ1) is 13.8. The Kier molecular flexibility index (Phi) is 8.34. The second-order valence-corrected chi connectivity index (χ2v) is 7.36. The lowest BCUT2D eigenvalue weighted by Gasteiger charge is -2.12. The normalized spacial score (nSPS) is 11.7. The highest BCUT2D eigenvalue weighted by atomic mass is 32.1. The Labute approximate surface area is 173 Å². The molecule has 1 aromatic carbocycles. The Hall–Kier alpha value is -2.72. The molecule has 1 aromatic heterocycles. The van der Waals surface area contributed by atoms with E-state index in [9.17, 15) is 14.0 Å². The van der Waals surface area contributed by atoms with Gasteiger partial charge >= 0.3 is 6.03 Å². The van der Waals surface area contributed by atoms with E-state index in [0.717, 1.165) is 23.5 Å². The van der Waals surface area contributed by atoms with Crippen molar-refractivity contribution in [2.45, 2.75) is 39.8 Å². The molecule has 0 saturated heterocycles. The topological polar surface area (TPSA) is 118 Å². The fourth-order valence-corrected chi connectivity index (χ4v) is 3.11.